The van der Waals surface area contributed by atoms with Gasteiger partial charge in [0, 0.05) is 26.2 Å². The van der Waals surface area contributed by atoms with Gasteiger partial charge in [0.25, 0.3) is 5.91 Å². The first kappa shape index (κ1) is 13.8. The van der Waals surface area contributed by atoms with Gasteiger partial charge in [-0.3, -0.25) is 9.89 Å². The third-order valence-corrected chi connectivity index (χ3v) is 3.79. The average Bonchev–Trinajstić information content (AvgIpc) is 2.91. The Morgan fingerprint density at radius 3 is 2.90 bits per heavy atom. The van der Waals surface area contributed by atoms with Crippen LogP contribution in [0.15, 0.2) is 12.5 Å². The van der Waals surface area contributed by atoms with E-state index < -0.39 is 0 Å². The number of nitrogens with zero attached hydrogens (tertiary/aromatic N) is 5. The lowest BCUT2D eigenvalue weighted by Crippen LogP contribution is -2.37. The SMILES string of the molecule is CN(C)c1ncnc2c1CCN(C(=O)c1[nH]ncc1Cl)C2. The minimum atomic E-state index is -0.159. The fourth-order valence-electron chi connectivity index (χ4n) is 2.48. The number of aromatic amines is 1. The third kappa shape index (κ3) is 2.44. The maximum absolute atomic E-state index is 12.4. The Morgan fingerprint density at radius 1 is 1.43 bits per heavy atom. The predicted molar refractivity (Wildman–Crippen MR) is 78.4 cm³/mol. The van der Waals surface area contributed by atoms with Gasteiger partial charge in [0.2, 0.25) is 0 Å². The first-order valence-corrected chi connectivity index (χ1v) is 6.94. The van der Waals surface area contributed by atoms with Gasteiger partial charge in [0.15, 0.2) is 0 Å². The van der Waals surface area contributed by atoms with Gasteiger partial charge in [0.1, 0.15) is 17.8 Å². The number of H-pyrrole nitrogens is 1. The summed E-state index contributed by atoms with van der Waals surface area (Å²) in [5.74, 6) is 0.750. The Hall–Kier alpha value is -2.15. The Balaban J connectivity index is 1.87. The van der Waals surface area contributed by atoms with E-state index in [-0.39, 0.29) is 5.91 Å². The zero-order valence-corrected chi connectivity index (χ0v) is 12.6. The molecule has 7 nitrogen and oxygen atoms in total. The van der Waals surface area contributed by atoms with Crippen molar-refractivity contribution in [3.8, 4) is 0 Å². The molecule has 0 fully saturated rings. The third-order valence-electron chi connectivity index (χ3n) is 3.50. The van der Waals surface area contributed by atoms with Crippen molar-refractivity contribution in [1.82, 2.24) is 25.1 Å². The minimum absolute atomic E-state index is 0.159. The van der Waals surface area contributed by atoms with Crippen molar-refractivity contribution in [2.45, 2.75) is 13.0 Å². The lowest BCUT2D eigenvalue weighted by molar-refractivity contribution is 0.0726. The number of rotatable bonds is 2. The van der Waals surface area contributed by atoms with E-state index in [1.165, 1.54) is 12.5 Å². The van der Waals surface area contributed by atoms with Crippen LogP contribution >= 0.6 is 11.6 Å². The van der Waals surface area contributed by atoms with E-state index in [9.17, 15) is 4.79 Å². The molecule has 21 heavy (non-hydrogen) atoms. The zero-order valence-electron chi connectivity index (χ0n) is 11.8. The highest BCUT2D eigenvalue weighted by molar-refractivity contribution is 6.33. The quantitative estimate of drug-likeness (QED) is 0.899. The number of hydrogen-bond donors (Lipinski definition) is 1. The molecule has 1 aliphatic rings. The van der Waals surface area contributed by atoms with Crippen LogP contribution in [0.2, 0.25) is 5.02 Å². The molecule has 1 N–H and O–H groups in total. The Labute approximate surface area is 126 Å². The summed E-state index contributed by atoms with van der Waals surface area (Å²) in [7, 11) is 3.90. The van der Waals surface area contributed by atoms with Gasteiger partial charge in [-0.05, 0) is 6.42 Å². The number of hydrogen-bond acceptors (Lipinski definition) is 5. The van der Waals surface area contributed by atoms with Crippen molar-refractivity contribution >= 4 is 23.3 Å². The number of halogens is 1. The van der Waals surface area contributed by atoms with Crippen molar-refractivity contribution in [3.63, 3.8) is 0 Å². The molecule has 0 aromatic carbocycles. The maximum Gasteiger partial charge on any atom is 0.273 e. The number of carbonyl (C=O) groups is 1. The second-order valence-corrected chi connectivity index (χ2v) is 5.49. The van der Waals surface area contributed by atoms with Crippen LogP contribution < -0.4 is 4.90 Å². The van der Waals surface area contributed by atoms with Crippen molar-refractivity contribution in [2.75, 3.05) is 25.5 Å². The predicted octanol–water partition coefficient (Wildman–Crippen LogP) is 1.12. The van der Waals surface area contributed by atoms with Gasteiger partial charge >= 0.3 is 0 Å². The van der Waals surface area contributed by atoms with Gasteiger partial charge in [-0.1, -0.05) is 11.6 Å². The smallest absolute Gasteiger partial charge is 0.273 e. The van der Waals surface area contributed by atoms with Crippen LogP contribution in [0, 0.1) is 0 Å². The molecular formula is C13H15ClN6O. The van der Waals surface area contributed by atoms with Crippen LogP contribution in [0.3, 0.4) is 0 Å². The molecule has 1 amide bonds. The molecule has 2 aromatic heterocycles. The van der Waals surface area contributed by atoms with Crippen LogP contribution in [-0.2, 0) is 13.0 Å². The van der Waals surface area contributed by atoms with E-state index in [2.05, 4.69) is 20.2 Å². The number of nitrogens with one attached hydrogen (secondary N) is 1. The summed E-state index contributed by atoms with van der Waals surface area (Å²) in [5.41, 5.74) is 2.30. The van der Waals surface area contributed by atoms with Crippen LogP contribution in [0.1, 0.15) is 21.7 Å². The molecule has 0 saturated heterocycles. The minimum Gasteiger partial charge on any atom is -0.362 e. The summed E-state index contributed by atoms with van der Waals surface area (Å²) in [4.78, 5) is 24.7. The highest BCUT2D eigenvalue weighted by atomic mass is 35.5. The van der Waals surface area contributed by atoms with Gasteiger partial charge < -0.3 is 9.80 Å². The summed E-state index contributed by atoms with van der Waals surface area (Å²) in [6.45, 7) is 1.06. The summed E-state index contributed by atoms with van der Waals surface area (Å²) in [5, 5.41) is 6.76. The average molecular weight is 307 g/mol. The Bertz CT molecular complexity index is 683. The number of anilines is 1. The lowest BCUT2D eigenvalue weighted by atomic mass is 10.0. The summed E-state index contributed by atoms with van der Waals surface area (Å²) >= 11 is 5.95. The highest BCUT2D eigenvalue weighted by Crippen LogP contribution is 2.25. The standard InChI is InChI=1S/C13H15ClN6O/c1-19(2)12-8-3-4-20(6-10(8)15-7-16-12)13(21)11-9(14)5-17-18-11/h5,7H,3-4,6H2,1-2H3,(H,17,18). The summed E-state index contributed by atoms with van der Waals surface area (Å²) < 4.78 is 0. The summed E-state index contributed by atoms with van der Waals surface area (Å²) in [6.07, 6.45) is 3.69. The van der Waals surface area contributed by atoms with Gasteiger partial charge in [-0.15, -0.1) is 0 Å². The van der Waals surface area contributed by atoms with Crippen molar-refractivity contribution in [2.24, 2.45) is 0 Å². The topological polar surface area (TPSA) is 78.0 Å². The maximum atomic E-state index is 12.4. The first-order valence-electron chi connectivity index (χ1n) is 6.56. The van der Waals surface area contributed by atoms with Crippen molar-refractivity contribution in [3.05, 3.63) is 34.5 Å². The molecule has 0 saturated carbocycles. The highest BCUT2D eigenvalue weighted by Gasteiger charge is 2.27. The van der Waals surface area contributed by atoms with E-state index in [0.29, 0.717) is 23.8 Å². The molecule has 2 aromatic rings. The van der Waals surface area contributed by atoms with E-state index in [1.807, 2.05) is 19.0 Å². The second-order valence-electron chi connectivity index (χ2n) is 5.09. The van der Waals surface area contributed by atoms with Crippen molar-refractivity contribution in [1.29, 1.82) is 0 Å². The van der Waals surface area contributed by atoms with Crippen LogP contribution in [0.25, 0.3) is 0 Å². The molecule has 8 heteroatoms. The molecule has 0 bridgehead atoms. The monoisotopic (exact) mass is 306 g/mol. The lowest BCUT2D eigenvalue weighted by Gasteiger charge is -2.29. The first-order chi connectivity index (χ1) is 10.1. The fraction of sp³-hybridized carbons (Fsp3) is 0.385. The van der Waals surface area contributed by atoms with Gasteiger partial charge in [-0.25, -0.2) is 9.97 Å². The molecule has 0 spiro atoms. The van der Waals surface area contributed by atoms with Gasteiger partial charge in [0.05, 0.1) is 23.5 Å². The van der Waals surface area contributed by atoms with Gasteiger partial charge in [-0.2, -0.15) is 5.10 Å². The number of aromatic nitrogens is 4. The normalized spacial score (nSPS) is 14.0. The number of fused-ring (bicyclic) bond motifs is 1. The van der Waals surface area contributed by atoms with Crippen LogP contribution in [0.4, 0.5) is 5.82 Å². The van der Waals surface area contributed by atoms with E-state index in [0.717, 1.165) is 23.5 Å². The number of carbonyl (C=O) groups excluding carboxylic acids is 1. The summed E-state index contributed by atoms with van der Waals surface area (Å²) in [6, 6.07) is 0. The Morgan fingerprint density at radius 2 is 2.24 bits per heavy atom. The zero-order chi connectivity index (χ0) is 15.0. The fourth-order valence-corrected chi connectivity index (χ4v) is 2.65. The Kier molecular flexibility index (Phi) is 3.50. The van der Waals surface area contributed by atoms with E-state index in [1.54, 1.807) is 4.90 Å². The van der Waals surface area contributed by atoms with Crippen molar-refractivity contribution < 1.29 is 4.79 Å². The van der Waals surface area contributed by atoms with E-state index in [4.69, 9.17) is 11.6 Å². The largest absolute Gasteiger partial charge is 0.362 e. The molecule has 0 radical (unpaired) electrons. The number of amides is 1. The molecule has 0 unspecified atom stereocenters. The molecular weight excluding hydrogens is 292 g/mol. The van der Waals surface area contributed by atoms with Crippen LogP contribution in [-0.4, -0.2) is 51.6 Å². The van der Waals surface area contributed by atoms with E-state index >= 15 is 0 Å². The molecule has 0 aliphatic carbocycles. The molecule has 110 valence electrons. The second kappa shape index (κ2) is 5.33. The molecule has 3 rings (SSSR count). The van der Waals surface area contributed by atoms with Crippen LogP contribution in [0.5, 0.6) is 0 Å². The molecule has 1 aliphatic heterocycles. The molecule has 3 heterocycles. The molecule has 0 atom stereocenters.